The van der Waals surface area contributed by atoms with Crippen LogP contribution in [0.1, 0.15) is 56.2 Å². The summed E-state index contributed by atoms with van der Waals surface area (Å²) in [6, 6.07) is 3.33. The van der Waals surface area contributed by atoms with Crippen LogP contribution in [0.5, 0.6) is 5.75 Å². The van der Waals surface area contributed by atoms with Crippen LogP contribution in [0.15, 0.2) is 24.0 Å². The number of carbonyl (C=O) groups is 6. The standard InChI is InChI=1S/C32H37NO16/c1-14(27(38)39)45-29(42)15(2)46-30(43)20(48-22(36)11-18(35)28(40)41)12-23(37)47-19-6-7-32(44)21-10-16-4-5-17(13-34)25-24(16)31(32,26(19)49-25)8-9-33(21)3/h4-6,14-15,18,20-21,26,34-35,44H,7-13H2,1-3H3,(H,38,39)(H,40,41)/t14-,15+,18+,20+,21-,26+,31+,32-/m1/s1. The number of hydrogen-bond donors (Lipinski definition) is 5. The van der Waals surface area contributed by atoms with E-state index < -0.39 is 90.2 Å². The minimum absolute atomic E-state index is 0.00488. The third-order valence-electron chi connectivity index (χ3n) is 9.66. The number of esters is 4. The molecule has 0 saturated carbocycles. The highest BCUT2D eigenvalue weighted by Gasteiger charge is 2.72. The fourth-order valence-electron chi connectivity index (χ4n) is 7.20. The van der Waals surface area contributed by atoms with Gasteiger partial charge in [0, 0.05) is 23.6 Å². The Hall–Kier alpha value is -4.58. The molecule has 49 heavy (non-hydrogen) atoms. The number of carbonyl (C=O) groups excluding carboxylic acids is 4. The first-order valence-electron chi connectivity index (χ1n) is 15.5. The number of rotatable bonds is 13. The molecule has 0 unspecified atom stereocenters. The lowest BCUT2D eigenvalue weighted by molar-refractivity contribution is -0.184. The lowest BCUT2D eigenvalue weighted by Crippen LogP contribution is -2.74. The van der Waals surface area contributed by atoms with E-state index in [-0.39, 0.29) is 24.8 Å². The van der Waals surface area contributed by atoms with Crippen molar-refractivity contribution in [2.75, 3.05) is 13.6 Å². The van der Waals surface area contributed by atoms with Gasteiger partial charge in [-0.2, -0.15) is 0 Å². The summed E-state index contributed by atoms with van der Waals surface area (Å²) < 4.78 is 26.7. The van der Waals surface area contributed by atoms with Crippen LogP contribution in [0.2, 0.25) is 0 Å². The Bertz CT molecular complexity index is 1610. The van der Waals surface area contributed by atoms with Crippen LogP contribution in [-0.4, -0.2) is 122 Å². The van der Waals surface area contributed by atoms with E-state index in [1.165, 1.54) is 6.08 Å². The maximum absolute atomic E-state index is 13.4. The maximum Gasteiger partial charge on any atom is 0.348 e. The summed E-state index contributed by atoms with van der Waals surface area (Å²) in [5.74, 6) is -8.11. The Kier molecular flexibility index (Phi) is 9.75. The fourth-order valence-corrected chi connectivity index (χ4v) is 7.20. The topological polar surface area (TPSA) is 253 Å². The molecule has 266 valence electrons. The second kappa shape index (κ2) is 13.4. The van der Waals surface area contributed by atoms with Crippen LogP contribution in [0.25, 0.3) is 0 Å². The monoisotopic (exact) mass is 691 g/mol. The number of aliphatic hydroxyl groups excluding tert-OH is 2. The zero-order chi connectivity index (χ0) is 36.0. The van der Waals surface area contributed by atoms with Gasteiger partial charge in [0.2, 0.25) is 6.10 Å². The van der Waals surface area contributed by atoms with Crippen molar-refractivity contribution in [3.8, 4) is 5.75 Å². The third kappa shape index (κ3) is 6.22. The smallest absolute Gasteiger partial charge is 0.348 e. The number of carboxylic acids is 2. The highest BCUT2D eigenvalue weighted by Crippen LogP contribution is 2.64. The van der Waals surface area contributed by atoms with Crippen LogP contribution < -0.4 is 4.74 Å². The number of likely N-dealkylation sites (N-methyl/N-ethyl adjacent to an activating group) is 1. The predicted octanol–water partition coefficient (Wildman–Crippen LogP) is -0.915. The van der Waals surface area contributed by atoms with Crippen molar-refractivity contribution < 1.29 is 78.0 Å². The molecule has 2 aliphatic carbocycles. The quantitative estimate of drug-likeness (QED) is 0.124. The molecule has 2 aliphatic heterocycles. The van der Waals surface area contributed by atoms with E-state index in [1.54, 1.807) is 6.07 Å². The van der Waals surface area contributed by atoms with Crippen LogP contribution in [-0.2, 0) is 66.2 Å². The molecule has 2 heterocycles. The van der Waals surface area contributed by atoms with E-state index in [4.69, 9.17) is 29.2 Å². The van der Waals surface area contributed by atoms with Crippen LogP contribution in [0.4, 0.5) is 0 Å². The van der Waals surface area contributed by atoms with Gasteiger partial charge >= 0.3 is 35.8 Å². The van der Waals surface area contributed by atoms with Gasteiger partial charge < -0.3 is 54.1 Å². The Balaban J connectivity index is 1.38. The molecule has 0 aromatic heterocycles. The third-order valence-corrected chi connectivity index (χ3v) is 9.66. The van der Waals surface area contributed by atoms with Gasteiger partial charge in [0.25, 0.3) is 0 Å². The van der Waals surface area contributed by atoms with Gasteiger partial charge in [0.05, 0.1) is 30.5 Å². The van der Waals surface area contributed by atoms with Crippen molar-refractivity contribution in [2.24, 2.45) is 0 Å². The molecule has 8 atom stereocenters. The molecule has 1 aromatic carbocycles. The predicted molar refractivity (Wildman–Crippen MR) is 158 cm³/mol. The lowest BCUT2D eigenvalue weighted by atomic mass is 9.50. The molecule has 2 bridgehead atoms. The first-order chi connectivity index (χ1) is 23.0. The number of likely N-dealkylation sites (tertiary alicyclic amines) is 1. The summed E-state index contributed by atoms with van der Waals surface area (Å²) in [6.07, 6.45) is -8.24. The first-order valence-corrected chi connectivity index (χ1v) is 15.5. The van der Waals surface area contributed by atoms with Crippen LogP contribution in [0.3, 0.4) is 0 Å². The average Bonchev–Trinajstić information content (AvgIpc) is 3.39. The Labute approximate surface area is 278 Å². The number of piperidine rings is 1. The number of benzene rings is 1. The van der Waals surface area contributed by atoms with Gasteiger partial charge in [-0.3, -0.25) is 9.59 Å². The van der Waals surface area contributed by atoms with Crippen molar-refractivity contribution in [3.05, 3.63) is 40.7 Å². The number of aliphatic hydroxyl groups is 3. The molecule has 5 rings (SSSR count). The van der Waals surface area contributed by atoms with E-state index in [1.807, 2.05) is 13.1 Å². The minimum Gasteiger partial charge on any atom is -0.481 e. The van der Waals surface area contributed by atoms with Gasteiger partial charge in [-0.25, -0.2) is 19.2 Å². The molecule has 1 fully saturated rings. The lowest BCUT2D eigenvalue weighted by Gasteiger charge is -2.61. The van der Waals surface area contributed by atoms with E-state index in [0.29, 0.717) is 30.7 Å². The molecule has 1 aromatic rings. The second-order valence-electron chi connectivity index (χ2n) is 12.6. The van der Waals surface area contributed by atoms with Crippen molar-refractivity contribution >= 4 is 35.8 Å². The molecule has 1 spiro atoms. The Morgan fingerprint density at radius 2 is 1.67 bits per heavy atom. The number of aliphatic carboxylic acids is 2. The molecule has 17 heteroatoms. The molecule has 0 radical (unpaired) electrons. The van der Waals surface area contributed by atoms with Crippen molar-refractivity contribution in [3.63, 3.8) is 0 Å². The van der Waals surface area contributed by atoms with Gasteiger partial charge in [-0.1, -0.05) is 12.1 Å². The highest BCUT2D eigenvalue weighted by atomic mass is 16.6. The van der Waals surface area contributed by atoms with Crippen molar-refractivity contribution in [1.82, 2.24) is 4.90 Å². The van der Waals surface area contributed by atoms with E-state index in [9.17, 15) is 44.1 Å². The zero-order valence-corrected chi connectivity index (χ0v) is 26.8. The van der Waals surface area contributed by atoms with Gasteiger partial charge in [0.1, 0.15) is 11.5 Å². The highest BCUT2D eigenvalue weighted by molar-refractivity contribution is 5.88. The van der Waals surface area contributed by atoms with Crippen molar-refractivity contribution in [1.29, 1.82) is 0 Å². The largest absolute Gasteiger partial charge is 0.481 e. The molecule has 5 N–H and O–H groups in total. The summed E-state index contributed by atoms with van der Waals surface area (Å²) in [7, 11) is 1.91. The Morgan fingerprint density at radius 1 is 0.980 bits per heavy atom. The van der Waals surface area contributed by atoms with Gasteiger partial charge in [0.15, 0.2) is 24.4 Å². The average molecular weight is 692 g/mol. The maximum atomic E-state index is 13.4. The van der Waals surface area contributed by atoms with E-state index >= 15 is 0 Å². The fraction of sp³-hybridized carbons (Fsp3) is 0.562. The van der Waals surface area contributed by atoms with Gasteiger partial charge in [-0.05, 0) is 51.9 Å². The number of nitrogens with zero attached hydrogens (tertiary/aromatic N) is 1. The molecule has 4 aliphatic rings. The zero-order valence-electron chi connectivity index (χ0n) is 26.8. The summed E-state index contributed by atoms with van der Waals surface area (Å²) in [4.78, 5) is 75.3. The van der Waals surface area contributed by atoms with Gasteiger partial charge in [-0.15, -0.1) is 0 Å². The minimum atomic E-state index is -2.20. The summed E-state index contributed by atoms with van der Waals surface area (Å²) in [6.45, 7) is 2.32. The van der Waals surface area contributed by atoms with Crippen LogP contribution >= 0.6 is 0 Å². The number of carboxylic acid groups (broad SMARTS) is 2. The molecule has 1 saturated heterocycles. The second-order valence-corrected chi connectivity index (χ2v) is 12.6. The summed E-state index contributed by atoms with van der Waals surface area (Å²) >= 11 is 0. The first kappa shape index (κ1) is 35.7. The van der Waals surface area contributed by atoms with E-state index in [2.05, 4.69) is 9.64 Å². The molecule has 0 amide bonds. The molecular formula is C32H37NO16. The van der Waals surface area contributed by atoms with Crippen LogP contribution in [0, 0.1) is 0 Å². The summed E-state index contributed by atoms with van der Waals surface area (Å²) in [5.41, 5.74) is -0.238. The molecular weight excluding hydrogens is 654 g/mol. The SMILES string of the molecule is C[C@H](OC(=O)[C@H](CC(=O)OC1=CC[C@@]2(O)[C@H]3Cc4ccc(CO)c5c4[C@@]2(CCN3C)[C@H]1O5)OC(=O)C[C@H](O)C(=O)O)C(=O)O[C@H](C)C(=O)O. The number of hydrogen-bond acceptors (Lipinski definition) is 15. The van der Waals surface area contributed by atoms with Crippen molar-refractivity contribution in [2.45, 2.75) is 100 Å². The summed E-state index contributed by atoms with van der Waals surface area (Å²) in [5, 5.41) is 49.9. The normalized spacial score (nSPS) is 27.2. The Morgan fingerprint density at radius 3 is 2.33 bits per heavy atom. The van der Waals surface area contributed by atoms with E-state index in [0.717, 1.165) is 25.0 Å². The molecule has 17 nitrogen and oxygen atoms in total. The number of ether oxygens (including phenoxy) is 5.